The van der Waals surface area contributed by atoms with Gasteiger partial charge in [0.25, 0.3) is 0 Å². The molecule has 0 bridgehead atoms. The van der Waals surface area contributed by atoms with Gasteiger partial charge in [-0.1, -0.05) is 18.2 Å². The number of carbonyl (C=O) groups excluding carboxylic acids is 1. The molecule has 3 aromatic rings. The molecule has 32 heavy (non-hydrogen) atoms. The molecule has 0 radical (unpaired) electrons. The molecule has 2 aliphatic rings. The number of anilines is 1. The number of sulfonamides is 1. The summed E-state index contributed by atoms with van der Waals surface area (Å²) in [6, 6.07) is 15.5. The highest BCUT2D eigenvalue weighted by molar-refractivity contribution is 7.89. The molecule has 1 amide bonds. The van der Waals surface area contributed by atoms with E-state index >= 15 is 0 Å². The van der Waals surface area contributed by atoms with Crippen LogP contribution in [0.1, 0.15) is 24.1 Å². The molecule has 1 aliphatic carbocycles. The Kier molecular flexibility index (Phi) is 4.68. The lowest BCUT2D eigenvalue weighted by molar-refractivity contribution is -0.118. The Morgan fingerprint density at radius 3 is 2.41 bits per heavy atom. The quantitative estimate of drug-likeness (QED) is 0.615. The predicted molar refractivity (Wildman–Crippen MR) is 118 cm³/mol. The summed E-state index contributed by atoms with van der Waals surface area (Å²) in [5.74, 6) is 1.71. The maximum absolute atomic E-state index is 13.1. The maximum atomic E-state index is 13.1. The molecule has 164 valence electrons. The van der Waals surface area contributed by atoms with Gasteiger partial charge in [0.05, 0.1) is 10.3 Å². The molecule has 0 atom stereocenters. The number of hydrogen-bond donors (Lipinski definition) is 2. The van der Waals surface area contributed by atoms with Gasteiger partial charge in [-0.25, -0.2) is 18.5 Å². The summed E-state index contributed by atoms with van der Waals surface area (Å²) in [4.78, 5) is 17.7. The second kappa shape index (κ2) is 7.32. The fourth-order valence-corrected chi connectivity index (χ4v) is 4.48. The van der Waals surface area contributed by atoms with Gasteiger partial charge in [-0.3, -0.25) is 4.79 Å². The van der Waals surface area contributed by atoms with Gasteiger partial charge in [0.2, 0.25) is 22.7 Å². The zero-order valence-corrected chi connectivity index (χ0v) is 18.1. The number of carbonyl (C=O) groups is 1. The molecule has 0 saturated heterocycles. The number of hydrogen-bond acceptors (Lipinski definition) is 6. The van der Waals surface area contributed by atoms with Gasteiger partial charge in [-0.2, -0.15) is 0 Å². The van der Waals surface area contributed by atoms with Crippen LogP contribution >= 0.6 is 0 Å². The zero-order valence-electron chi connectivity index (χ0n) is 17.3. The van der Waals surface area contributed by atoms with Gasteiger partial charge < -0.3 is 14.8 Å². The van der Waals surface area contributed by atoms with Crippen molar-refractivity contribution < 1.29 is 22.7 Å². The summed E-state index contributed by atoms with van der Waals surface area (Å²) in [7, 11) is -3.74. The van der Waals surface area contributed by atoms with Crippen LogP contribution in [0.25, 0.3) is 11.1 Å². The molecule has 9 heteroatoms. The van der Waals surface area contributed by atoms with Gasteiger partial charge in [0.1, 0.15) is 5.82 Å². The van der Waals surface area contributed by atoms with Gasteiger partial charge >= 0.3 is 0 Å². The highest BCUT2D eigenvalue weighted by Crippen LogP contribution is 2.51. The van der Waals surface area contributed by atoms with Crippen LogP contribution in [0.3, 0.4) is 0 Å². The largest absolute Gasteiger partial charge is 0.454 e. The molecule has 3 N–H and O–H groups in total. The van der Waals surface area contributed by atoms with E-state index < -0.39 is 15.4 Å². The van der Waals surface area contributed by atoms with Crippen molar-refractivity contribution in [3.05, 3.63) is 65.9 Å². The normalized spacial score (nSPS) is 15.9. The Morgan fingerprint density at radius 1 is 1.03 bits per heavy atom. The number of nitrogens with two attached hydrogens (primary N) is 1. The topological polar surface area (TPSA) is 121 Å². The first-order valence-electron chi connectivity index (χ1n) is 10.1. The molecule has 1 fully saturated rings. The highest BCUT2D eigenvalue weighted by Gasteiger charge is 2.51. The van der Waals surface area contributed by atoms with Gasteiger partial charge in [-0.15, -0.1) is 0 Å². The minimum absolute atomic E-state index is 0.0500. The molecule has 0 unspecified atom stereocenters. The molecule has 5 rings (SSSR count). The van der Waals surface area contributed by atoms with Crippen molar-refractivity contribution in [2.45, 2.75) is 30.1 Å². The molecule has 1 aliphatic heterocycles. The average molecular weight is 452 g/mol. The fraction of sp³-hybridized carbons (Fsp3) is 0.217. The van der Waals surface area contributed by atoms with Crippen LogP contribution in [0, 0.1) is 6.92 Å². The van der Waals surface area contributed by atoms with Crippen molar-refractivity contribution in [1.29, 1.82) is 0 Å². The number of ether oxygens (including phenoxy) is 2. The third-order valence-electron chi connectivity index (χ3n) is 5.93. The molecule has 1 aromatic heterocycles. The molecule has 2 aromatic carbocycles. The van der Waals surface area contributed by atoms with Crippen molar-refractivity contribution in [1.82, 2.24) is 4.98 Å². The van der Waals surface area contributed by atoms with E-state index in [2.05, 4.69) is 10.3 Å². The standard InChI is InChI=1S/C23H21N3O5S/c1-14-18(15-2-5-17(6-3-15)32(24,28)29)7-9-21(25-14)26-22(27)23(10-11-23)16-4-8-19-20(12-16)31-13-30-19/h2-9,12H,10-11,13H2,1H3,(H2,24,28,29)(H,25,26,27). The Balaban J connectivity index is 1.35. The lowest BCUT2D eigenvalue weighted by Gasteiger charge is -2.16. The van der Waals surface area contributed by atoms with Crippen LogP contribution in [0.2, 0.25) is 0 Å². The number of nitrogens with zero attached hydrogens (tertiary/aromatic N) is 1. The number of rotatable bonds is 5. The van der Waals surface area contributed by atoms with Crippen LogP contribution in [-0.4, -0.2) is 26.1 Å². The van der Waals surface area contributed by atoms with Crippen LogP contribution < -0.4 is 19.9 Å². The number of pyridine rings is 1. The first-order chi connectivity index (χ1) is 15.3. The number of aryl methyl sites for hydroxylation is 1. The van der Waals surface area contributed by atoms with Crippen molar-refractivity contribution in [2.24, 2.45) is 5.14 Å². The third kappa shape index (κ3) is 3.59. The zero-order chi connectivity index (χ0) is 22.5. The average Bonchev–Trinajstić information content (AvgIpc) is 3.44. The van der Waals surface area contributed by atoms with Crippen LogP contribution in [-0.2, 0) is 20.2 Å². The first kappa shape index (κ1) is 20.5. The Hall–Kier alpha value is -3.43. The number of benzene rings is 2. The van der Waals surface area contributed by atoms with Gasteiger partial charge in [0.15, 0.2) is 11.5 Å². The monoisotopic (exact) mass is 451 g/mol. The molecular formula is C23H21N3O5S. The summed E-state index contributed by atoms with van der Waals surface area (Å²) >= 11 is 0. The molecule has 2 heterocycles. The number of primary sulfonamides is 1. The Labute approximate surface area is 185 Å². The SMILES string of the molecule is Cc1nc(NC(=O)C2(c3ccc4c(c3)OCO4)CC2)ccc1-c1ccc(S(N)(=O)=O)cc1. The smallest absolute Gasteiger partial charge is 0.238 e. The van der Waals surface area contributed by atoms with Crippen molar-refractivity contribution in [3.8, 4) is 22.6 Å². The number of aromatic nitrogens is 1. The van der Waals surface area contributed by atoms with Crippen LogP contribution in [0.15, 0.2) is 59.5 Å². The first-order valence-corrected chi connectivity index (χ1v) is 11.6. The van der Waals surface area contributed by atoms with E-state index in [-0.39, 0.29) is 17.6 Å². The summed E-state index contributed by atoms with van der Waals surface area (Å²) in [6.07, 6.45) is 1.51. The van der Waals surface area contributed by atoms with E-state index in [0.717, 1.165) is 29.5 Å². The summed E-state index contributed by atoms with van der Waals surface area (Å²) in [5, 5.41) is 8.10. The minimum atomic E-state index is -3.74. The van der Waals surface area contributed by atoms with Crippen molar-refractivity contribution >= 4 is 21.7 Å². The van der Waals surface area contributed by atoms with E-state index in [1.165, 1.54) is 12.1 Å². The molecular weight excluding hydrogens is 430 g/mol. The molecule has 1 saturated carbocycles. The molecule has 8 nitrogen and oxygen atoms in total. The van der Waals surface area contributed by atoms with Crippen molar-refractivity contribution in [3.63, 3.8) is 0 Å². The van der Waals surface area contributed by atoms with E-state index in [9.17, 15) is 13.2 Å². The second-order valence-corrected chi connectivity index (χ2v) is 9.56. The third-order valence-corrected chi connectivity index (χ3v) is 6.86. The maximum Gasteiger partial charge on any atom is 0.238 e. The van der Waals surface area contributed by atoms with Gasteiger partial charge in [-0.05, 0) is 67.3 Å². The highest BCUT2D eigenvalue weighted by atomic mass is 32.2. The number of amides is 1. The lowest BCUT2D eigenvalue weighted by atomic mass is 9.94. The second-order valence-electron chi connectivity index (χ2n) is 8.00. The van der Waals surface area contributed by atoms with E-state index in [1.54, 1.807) is 18.2 Å². The predicted octanol–water partition coefficient (Wildman–Crippen LogP) is 3.10. The Morgan fingerprint density at radius 2 is 1.75 bits per heavy atom. The summed E-state index contributed by atoms with van der Waals surface area (Å²) in [5.41, 5.74) is 2.67. The number of fused-ring (bicyclic) bond motifs is 1. The minimum Gasteiger partial charge on any atom is -0.454 e. The van der Waals surface area contributed by atoms with Crippen molar-refractivity contribution in [2.75, 3.05) is 12.1 Å². The van der Waals surface area contributed by atoms with Crippen LogP contribution in [0.5, 0.6) is 11.5 Å². The number of nitrogens with one attached hydrogen (secondary N) is 1. The van der Waals surface area contributed by atoms with Crippen LogP contribution in [0.4, 0.5) is 5.82 Å². The summed E-state index contributed by atoms with van der Waals surface area (Å²) in [6.45, 7) is 2.03. The van der Waals surface area contributed by atoms with E-state index in [0.29, 0.717) is 23.0 Å². The fourth-order valence-electron chi connectivity index (χ4n) is 3.96. The summed E-state index contributed by atoms with van der Waals surface area (Å²) < 4.78 is 33.7. The van der Waals surface area contributed by atoms with E-state index in [1.807, 2.05) is 31.2 Å². The van der Waals surface area contributed by atoms with Gasteiger partial charge in [0, 0.05) is 11.3 Å². The van der Waals surface area contributed by atoms with E-state index in [4.69, 9.17) is 14.6 Å². The Bertz CT molecular complexity index is 1330. The lowest BCUT2D eigenvalue weighted by Crippen LogP contribution is -2.28. The molecule has 0 spiro atoms.